The number of methoxy groups -OCH3 is 2. The Morgan fingerprint density at radius 1 is 0.967 bits per heavy atom. The number of rotatable bonds is 17. The van der Waals surface area contributed by atoms with E-state index in [0.717, 1.165) is 27.0 Å². The second kappa shape index (κ2) is 16.3. The van der Waals surface area contributed by atoms with Crippen LogP contribution in [0.25, 0.3) is 22.0 Å². The van der Waals surface area contributed by atoms with E-state index in [1.54, 1.807) is 61.1 Å². The number of likely N-dealkylation sites (N-methyl/N-ethyl adjacent to an activating group) is 1. The van der Waals surface area contributed by atoms with E-state index < -0.39 is 29.2 Å². The lowest BCUT2D eigenvalue weighted by Crippen LogP contribution is -2.74. The summed E-state index contributed by atoms with van der Waals surface area (Å²) in [5.74, 6) is -1.51. The summed E-state index contributed by atoms with van der Waals surface area (Å²) in [5, 5.41) is 17.5. The van der Waals surface area contributed by atoms with Crippen LogP contribution in [0.4, 0.5) is 5.69 Å². The SMILES string of the molecule is COc1cc(-c2cn(C)c(=O)c3c2ccn3C)cc(OC)c1CN(C)CC(=O)NCCOCCn1cc(CNc2cccc3c2C(=O)N(C24CC(C2)C(=O)NC4=O)C3=O)nn1. The molecule has 0 radical (unpaired) electrons. The number of carbonyl (C=O) groups is 5. The number of nitrogens with zero attached hydrogens (tertiary/aromatic N) is 7. The third-order valence-corrected chi connectivity index (χ3v) is 11.6. The van der Waals surface area contributed by atoms with Crippen LogP contribution in [-0.2, 0) is 52.9 Å². The number of imide groups is 2. The van der Waals surface area contributed by atoms with Gasteiger partial charge < -0.3 is 34.0 Å². The second-order valence-corrected chi connectivity index (χ2v) is 15.6. The first-order valence-electron chi connectivity index (χ1n) is 19.8. The number of piperidine rings is 2. The first-order chi connectivity index (χ1) is 29.3. The van der Waals surface area contributed by atoms with Crippen LogP contribution in [0.15, 0.2) is 59.8 Å². The molecule has 3 aromatic heterocycles. The number of hydrogen-bond acceptors (Lipinski definition) is 13. The van der Waals surface area contributed by atoms with Gasteiger partial charge in [0.1, 0.15) is 28.2 Å². The van der Waals surface area contributed by atoms with Crippen molar-refractivity contribution in [1.29, 1.82) is 0 Å². The molecule has 2 bridgehead atoms. The number of benzene rings is 2. The van der Waals surface area contributed by atoms with Crippen LogP contribution in [0.5, 0.6) is 11.5 Å². The molecule has 3 N–H and O–H groups in total. The van der Waals surface area contributed by atoms with E-state index in [1.165, 1.54) is 0 Å². The van der Waals surface area contributed by atoms with Crippen molar-refractivity contribution in [3.63, 3.8) is 0 Å². The molecule has 5 aromatic rings. The predicted octanol–water partition coefficient (Wildman–Crippen LogP) is 1.43. The van der Waals surface area contributed by atoms with Gasteiger partial charge in [0.15, 0.2) is 0 Å². The normalized spacial score (nSPS) is 18.1. The number of amides is 5. The molecule has 5 amide bonds. The van der Waals surface area contributed by atoms with Crippen LogP contribution in [0, 0.1) is 5.92 Å². The maximum absolute atomic E-state index is 13.6. The Labute approximate surface area is 349 Å². The smallest absolute Gasteiger partial charge is 0.274 e. The highest BCUT2D eigenvalue weighted by atomic mass is 16.5. The van der Waals surface area contributed by atoms with Gasteiger partial charge in [0.25, 0.3) is 23.3 Å². The summed E-state index contributed by atoms with van der Waals surface area (Å²) in [6.45, 7) is 2.00. The molecule has 6 heterocycles. The topological polar surface area (TPSA) is 213 Å². The van der Waals surface area contributed by atoms with Crippen molar-refractivity contribution >= 4 is 46.1 Å². The number of nitrogens with one attached hydrogen (secondary N) is 3. The molecule has 0 spiro atoms. The van der Waals surface area contributed by atoms with Crippen molar-refractivity contribution in [2.45, 2.75) is 38.0 Å². The highest BCUT2D eigenvalue weighted by Gasteiger charge is 2.65. The van der Waals surface area contributed by atoms with Crippen molar-refractivity contribution in [2.24, 2.45) is 20.0 Å². The molecule has 2 saturated heterocycles. The molecular formula is C42H46N10O9. The van der Waals surface area contributed by atoms with Crippen molar-refractivity contribution in [1.82, 2.24) is 44.6 Å². The molecule has 9 rings (SSSR count). The zero-order chi connectivity index (χ0) is 43.2. The van der Waals surface area contributed by atoms with Crippen molar-refractivity contribution < 1.29 is 38.2 Å². The number of aromatic nitrogens is 5. The maximum Gasteiger partial charge on any atom is 0.274 e. The molecule has 318 valence electrons. The molecule has 2 aromatic carbocycles. The summed E-state index contributed by atoms with van der Waals surface area (Å²) in [5.41, 5.74) is 3.00. The summed E-state index contributed by atoms with van der Waals surface area (Å²) in [4.78, 5) is 80.2. The Morgan fingerprint density at radius 3 is 2.44 bits per heavy atom. The summed E-state index contributed by atoms with van der Waals surface area (Å²) in [7, 11) is 8.57. The van der Waals surface area contributed by atoms with Crippen LogP contribution in [0.1, 0.15) is 44.8 Å². The highest BCUT2D eigenvalue weighted by molar-refractivity contribution is 6.27. The number of ether oxygens (including phenoxy) is 3. The minimum atomic E-state index is -1.35. The van der Waals surface area contributed by atoms with Gasteiger partial charge in [-0.2, -0.15) is 0 Å². The maximum atomic E-state index is 13.6. The predicted molar refractivity (Wildman–Crippen MR) is 220 cm³/mol. The van der Waals surface area contributed by atoms with Gasteiger partial charge >= 0.3 is 0 Å². The van der Waals surface area contributed by atoms with E-state index >= 15 is 0 Å². The number of carbonyl (C=O) groups excluding carboxylic acids is 5. The first kappa shape index (κ1) is 40.9. The Bertz CT molecular complexity index is 2630. The van der Waals surface area contributed by atoms with E-state index in [4.69, 9.17) is 14.2 Å². The van der Waals surface area contributed by atoms with Gasteiger partial charge in [0, 0.05) is 62.1 Å². The van der Waals surface area contributed by atoms with Crippen molar-refractivity contribution in [3.8, 4) is 22.6 Å². The molecule has 0 unspecified atom stereocenters. The fourth-order valence-electron chi connectivity index (χ4n) is 8.45. The molecule has 1 saturated carbocycles. The van der Waals surface area contributed by atoms with Crippen molar-refractivity contribution in [3.05, 3.63) is 87.7 Å². The van der Waals surface area contributed by atoms with Gasteiger partial charge in [-0.25, -0.2) is 4.68 Å². The molecule has 0 atom stereocenters. The molecule has 19 heteroatoms. The highest BCUT2D eigenvalue weighted by Crippen LogP contribution is 2.49. The van der Waals surface area contributed by atoms with Gasteiger partial charge in [-0.3, -0.25) is 43.9 Å². The van der Waals surface area contributed by atoms with Crippen LogP contribution >= 0.6 is 0 Å². The Hall–Kier alpha value is -6.86. The standard InChI is InChI=1S/C42H46N10O9/c1-48(21-30-32(59-4)15-24(16-33(30)60-5)29-22-50(3)40(57)36-27(29)9-11-49(36)2)23-34(53)43-10-13-61-14-12-51-20-26(46-47-51)19-44-31-8-6-7-28-35(31)39(56)52(38(28)55)42-17-25(18-42)37(54)45-41(42)58/h6-9,11,15-16,20,22,25,44H,10,12-14,17-19,21,23H2,1-5H3,(H,43,53)(H,45,54,58). The van der Waals surface area contributed by atoms with E-state index in [2.05, 4.69) is 26.3 Å². The van der Waals surface area contributed by atoms with Crippen LogP contribution in [0.2, 0.25) is 0 Å². The van der Waals surface area contributed by atoms with E-state index in [1.807, 2.05) is 48.0 Å². The van der Waals surface area contributed by atoms with Crippen LogP contribution < -0.4 is 31.0 Å². The minimum absolute atomic E-state index is 0.0874. The van der Waals surface area contributed by atoms with Crippen LogP contribution in [0.3, 0.4) is 0 Å². The fourth-order valence-corrected chi connectivity index (χ4v) is 8.45. The van der Waals surface area contributed by atoms with Crippen molar-refractivity contribution in [2.75, 3.05) is 52.9 Å². The summed E-state index contributed by atoms with van der Waals surface area (Å²) in [6.07, 6.45) is 5.67. The van der Waals surface area contributed by atoms with Gasteiger partial charge in [-0.1, -0.05) is 11.3 Å². The average Bonchev–Trinajstić information content (AvgIpc) is 3.92. The molecule has 61 heavy (non-hydrogen) atoms. The van der Waals surface area contributed by atoms with Gasteiger partial charge in [0.2, 0.25) is 11.8 Å². The molecule has 19 nitrogen and oxygen atoms in total. The number of aryl methyl sites for hydroxylation is 2. The summed E-state index contributed by atoms with van der Waals surface area (Å²) >= 11 is 0. The van der Waals surface area contributed by atoms with Crippen LogP contribution in [-0.4, -0.2) is 117 Å². The number of anilines is 1. The fraction of sp³-hybridized carbons (Fsp3) is 0.381. The minimum Gasteiger partial charge on any atom is -0.496 e. The van der Waals surface area contributed by atoms with Gasteiger partial charge in [-0.05, 0) is 55.8 Å². The number of fused-ring (bicyclic) bond motifs is 4. The molecule has 1 aliphatic carbocycles. The third-order valence-electron chi connectivity index (χ3n) is 11.6. The number of hydrogen-bond donors (Lipinski definition) is 3. The molecule has 3 fully saturated rings. The van der Waals surface area contributed by atoms with Gasteiger partial charge in [-0.15, -0.1) is 5.10 Å². The molecule has 3 aliphatic heterocycles. The average molecular weight is 835 g/mol. The zero-order valence-corrected chi connectivity index (χ0v) is 34.4. The number of pyridine rings is 1. The second-order valence-electron chi connectivity index (χ2n) is 15.6. The first-order valence-corrected chi connectivity index (χ1v) is 19.8. The monoisotopic (exact) mass is 834 g/mol. The lowest BCUT2D eigenvalue weighted by atomic mass is 9.63. The lowest BCUT2D eigenvalue weighted by Gasteiger charge is -2.52. The Morgan fingerprint density at radius 2 is 1.72 bits per heavy atom. The molecular weight excluding hydrogens is 789 g/mol. The largest absolute Gasteiger partial charge is 0.496 e. The summed E-state index contributed by atoms with van der Waals surface area (Å²) in [6, 6.07) is 10.6. The lowest BCUT2D eigenvalue weighted by molar-refractivity contribution is -0.158. The Balaban J connectivity index is 0.781. The van der Waals surface area contributed by atoms with E-state index in [9.17, 15) is 28.8 Å². The quantitative estimate of drug-likeness (QED) is 0.0895. The molecule has 4 aliphatic rings. The Kier molecular flexibility index (Phi) is 10.9. The summed E-state index contributed by atoms with van der Waals surface area (Å²) < 4.78 is 22.3. The zero-order valence-electron chi connectivity index (χ0n) is 34.4. The van der Waals surface area contributed by atoms with Gasteiger partial charge in [0.05, 0.1) is 70.0 Å². The van der Waals surface area contributed by atoms with E-state index in [0.29, 0.717) is 54.6 Å². The third kappa shape index (κ3) is 7.39. The van der Waals surface area contributed by atoms with E-state index in [-0.39, 0.29) is 61.0 Å².